The van der Waals surface area contributed by atoms with Gasteiger partial charge in [-0.15, -0.1) is 0 Å². The smallest absolute Gasteiger partial charge is 0.337 e. The van der Waals surface area contributed by atoms with Crippen LogP contribution in [0.5, 0.6) is 0 Å². The van der Waals surface area contributed by atoms with Gasteiger partial charge >= 0.3 is 5.97 Å². The molecule has 138 valence electrons. The third kappa shape index (κ3) is 3.27. The fourth-order valence-corrected chi connectivity index (χ4v) is 3.13. The summed E-state index contributed by atoms with van der Waals surface area (Å²) in [6.07, 6.45) is 5.00. The summed E-state index contributed by atoms with van der Waals surface area (Å²) in [7, 11) is 0. The number of aromatic nitrogens is 2. The van der Waals surface area contributed by atoms with Crippen LogP contribution in [-0.2, 0) is 0 Å². The molecule has 4 rings (SSSR count). The van der Waals surface area contributed by atoms with Crippen LogP contribution < -0.4 is 5.32 Å². The summed E-state index contributed by atoms with van der Waals surface area (Å²) in [6, 6.07) is 13.1. The van der Waals surface area contributed by atoms with Gasteiger partial charge in [-0.05, 0) is 55.0 Å². The number of carboxylic acids is 1. The van der Waals surface area contributed by atoms with Gasteiger partial charge in [0, 0.05) is 29.5 Å². The van der Waals surface area contributed by atoms with Crippen molar-refractivity contribution in [2.45, 2.75) is 6.92 Å². The van der Waals surface area contributed by atoms with Crippen LogP contribution >= 0.6 is 0 Å². The quantitative estimate of drug-likeness (QED) is 0.515. The van der Waals surface area contributed by atoms with Crippen molar-refractivity contribution in [2.24, 2.45) is 0 Å². The number of aryl methyl sites for hydroxylation is 1. The maximum atomic E-state index is 14.0. The minimum Gasteiger partial charge on any atom is -0.478 e. The van der Waals surface area contributed by atoms with Crippen molar-refractivity contribution in [1.82, 2.24) is 9.97 Å². The molecule has 28 heavy (non-hydrogen) atoms. The van der Waals surface area contributed by atoms with Crippen molar-refractivity contribution in [3.05, 3.63) is 84.1 Å². The Morgan fingerprint density at radius 3 is 2.61 bits per heavy atom. The molecule has 0 bridgehead atoms. The van der Waals surface area contributed by atoms with Crippen LogP contribution in [0, 0.1) is 12.7 Å². The van der Waals surface area contributed by atoms with Crippen molar-refractivity contribution in [1.29, 1.82) is 0 Å². The van der Waals surface area contributed by atoms with Crippen molar-refractivity contribution in [3.8, 4) is 11.1 Å². The Morgan fingerprint density at radius 1 is 1.07 bits per heavy atom. The second-order valence-electron chi connectivity index (χ2n) is 6.42. The van der Waals surface area contributed by atoms with Crippen LogP contribution in [0.1, 0.15) is 15.9 Å². The molecule has 6 heteroatoms. The van der Waals surface area contributed by atoms with E-state index < -0.39 is 11.8 Å². The molecule has 0 amide bonds. The maximum absolute atomic E-state index is 14.0. The molecule has 2 aromatic carbocycles. The van der Waals surface area contributed by atoms with Crippen molar-refractivity contribution < 1.29 is 14.3 Å². The number of hydrogen-bond donors (Lipinski definition) is 2. The third-order valence-electron chi connectivity index (χ3n) is 4.49. The minimum atomic E-state index is -1.04. The van der Waals surface area contributed by atoms with Crippen LogP contribution in [0.2, 0.25) is 0 Å². The van der Waals surface area contributed by atoms with E-state index in [9.17, 15) is 14.3 Å². The van der Waals surface area contributed by atoms with Crippen molar-refractivity contribution >= 4 is 28.2 Å². The highest BCUT2D eigenvalue weighted by Crippen LogP contribution is 2.36. The zero-order valence-electron chi connectivity index (χ0n) is 15.0. The number of nitrogens with one attached hydrogen (secondary N) is 1. The molecule has 0 spiro atoms. The van der Waals surface area contributed by atoms with Gasteiger partial charge in [0.1, 0.15) is 5.82 Å². The van der Waals surface area contributed by atoms with E-state index in [1.54, 1.807) is 36.8 Å². The van der Waals surface area contributed by atoms with Crippen molar-refractivity contribution in [2.75, 3.05) is 5.32 Å². The van der Waals surface area contributed by atoms with E-state index in [4.69, 9.17) is 0 Å². The molecule has 4 aromatic rings. The summed E-state index contributed by atoms with van der Waals surface area (Å²) < 4.78 is 14.0. The predicted octanol–water partition coefficient (Wildman–Crippen LogP) is 5.19. The largest absolute Gasteiger partial charge is 0.478 e. The molecule has 0 saturated heterocycles. The van der Waals surface area contributed by atoms with Gasteiger partial charge in [-0.1, -0.05) is 11.6 Å². The maximum Gasteiger partial charge on any atom is 0.337 e. The zero-order valence-corrected chi connectivity index (χ0v) is 15.0. The van der Waals surface area contributed by atoms with E-state index >= 15 is 0 Å². The molecule has 0 aliphatic carbocycles. The van der Waals surface area contributed by atoms with Gasteiger partial charge in [0.25, 0.3) is 0 Å². The molecule has 2 heterocycles. The van der Waals surface area contributed by atoms with Gasteiger partial charge < -0.3 is 10.4 Å². The van der Waals surface area contributed by atoms with Crippen LogP contribution in [-0.4, -0.2) is 21.0 Å². The fourth-order valence-electron chi connectivity index (χ4n) is 3.13. The number of fused-ring (bicyclic) bond motifs is 1. The first-order chi connectivity index (χ1) is 13.5. The molecule has 5 nitrogen and oxygen atoms in total. The standard InChI is InChI=1S/C22H16FN3O2/c1-13-2-4-20(17(10-13)22(27)28)26-21-16-11-15(23)3-5-19(16)25-12-18(21)14-6-8-24-9-7-14/h2-12H,1H3,(H,25,26)(H,27,28). The first-order valence-electron chi connectivity index (χ1n) is 8.62. The highest BCUT2D eigenvalue weighted by molar-refractivity contribution is 6.03. The number of halogens is 1. The Bertz CT molecular complexity index is 1190. The van der Waals surface area contributed by atoms with E-state index in [0.717, 1.165) is 16.7 Å². The zero-order chi connectivity index (χ0) is 19.7. The minimum absolute atomic E-state index is 0.141. The van der Waals surface area contributed by atoms with Gasteiger partial charge in [-0.2, -0.15) is 0 Å². The average Bonchev–Trinajstić information content (AvgIpc) is 2.70. The number of benzene rings is 2. The second-order valence-corrected chi connectivity index (χ2v) is 6.42. The number of pyridine rings is 2. The number of carboxylic acid groups (broad SMARTS) is 1. The Kier molecular flexibility index (Phi) is 4.45. The molecule has 0 saturated carbocycles. The number of nitrogens with zero attached hydrogens (tertiary/aromatic N) is 2. The lowest BCUT2D eigenvalue weighted by molar-refractivity contribution is 0.0698. The van der Waals surface area contributed by atoms with E-state index in [1.165, 1.54) is 12.1 Å². The van der Waals surface area contributed by atoms with Crippen LogP contribution in [0.4, 0.5) is 15.8 Å². The first kappa shape index (κ1) is 17.6. The van der Waals surface area contributed by atoms with Crippen LogP contribution in [0.3, 0.4) is 0 Å². The lowest BCUT2D eigenvalue weighted by atomic mass is 10.0. The Balaban J connectivity index is 1.97. The summed E-state index contributed by atoms with van der Waals surface area (Å²) in [4.78, 5) is 20.2. The molecule has 0 fully saturated rings. The monoisotopic (exact) mass is 373 g/mol. The molecule has 0 unspecified atom stereocenters. The molecule has 0 atom stereocenters. The van der Waals surface area contributed by atoms with E-state index in [-0.39, 0.29) is 5.56 Å². The molecule has 0 aliphatic heterocycles. The third-order valence-corrected chi connectivity index (χ3v) is 4.49. The highest BCUT2D eigenvalue weighted by Gasteiger charge is 2.16. The molecular weight excluding hydrogens is 357 g/mol. The van der Waals surface area contributed by atoms with Crippen LogP contribution in [0.15, 0.2) is 67.1 Å². The lowest BCUT2D eigenvalue weighted by Gasteiger charge is -2.17. The van der Waals surface area contributed by atoms with Gasteiger partial charge in [0.2, 0.25) is 0 Å². The molecule has 0 radical (unpaired) electrons. The number of hydrogen-bond acceptors (Lipinski definition) is 4. The number of aromatic carboxylic acids is 1. The van der Waals surface area contributed by atoms with Gasteiger partial charge in [-0.25, -0.2) is 9.18 Å². The molecular formula is C22H16FN3O2. The van der Waals surface area contributed by atoms with Crippen LogP contribution in [0.25, 0.3) is 22.0 Å². The molecule has 0 aliphatic rings. The predicted molar refractivity (Wildman–Crippen MR) is 106 cm³/mol. The summed E-state index contributed by atoms with van der Waals surface area (Å²) in [5.41, 5.74) is 4.14. The van der Waals surface area contributed by atoms with E-state index in [2.05, 4.69) is 15.3 Å². The van der Waals surface area contributed by atoms with E-state index in [1.807, 2.05) is 25.1 Å². The Hall–Kier alpha value is -3.80. The first-order valence-corrected chi connectivity index (χ1v) is 8.62. The van der Waals surface area contributed by atoms with Gasteiger partial charge in [-0.3, -0.25) is 9.97 Å². The number of rotatable bonds is 4. The summed E-state index contributed by atoms with van der Waals surface area (Å²) in [6.45, 7) is 1.83. The Morgan fingerprint density at radius 2 is 1.86 bits per heavy atom. The topological polar surface area (TPSA) is 75.1 Å². The highest BCUT2D eigenvalue weighted by atomic mass is 19.1. The second kappa shape index (κ2) is 7.08. The number of carbonyl (C=O) groups is 1. The number of anilines is 2. The SMILES string of the molecule is Cc1ccc(Nc2c(-c3ccncc3)cnc3ccc(F)cc23)c(C(=O)O)c1. The lowest BCUT2D eigenvalue weighted by Crippen LogP contribution is -2.05. The summed E-state index contributed by atoms with van der Waals surface area (Å²) in [5.74, 6) is -1.44. The van der Waals surface area contributed by atoms with Gasteiger partial charge in [0.05, 0.1) is 22.5 Å². The Labute approximate surface area is 160 Å². The summed E-state index contributed by atoms with van der Waals surface area (Å²) in [5, 5.41) is 13.4. The van der Waals surface area contributed by atoms with Gasteiger partial charge in [0.15, 0.2) is 0 Å². The molecule has 2 N–H and O–H groups in total. The fraction of sp³-hybridized carbons (Fsp3) is 0.0455. The normalized spacial score (nSPS) is 10.8. The van der Waals surface area contributed by atoms with Crippen molar-refractivity contribution in [3.63, 3.8) is 0 Å². The molecule has 2 aromatic heterocycles. The average molecular weight is 373 g/mol. The summed E-state index contributed by atoms with van der Waals surface area (Å²) >= 11 is 0. The van der Waals surface area contributed by atoms with E-state index in [0.29, 0.717) is 22.3 Å².